The summed E-state index contributed by atoms with van der Waals surface area (Å²) in [5.74, 6) is 1.08. The van der Waals surface area contributed by atoms with Crippen molar-refractivity contribution in [1.29, 1.82) is 0 Å². The number of aromatic nitrogens is 1. The van der Waals surface area contributed by atoms with Crippen molar-refractivity contribution in [3.05, 3.63) is 23.4 Å². The molecule has 1 aromatic rings. The first-order valence-electron chi connectivity index (χ1n) is 7.13. The van der Waals surface area contributed by atoms with E-state index in [-0.39, 0.29) is 11.9 Å². The Hall–Kier alpha value is -1.33. The van der Waals surface area contributed by atoms with Crippen LogP contribution in [0.5, 0.6) is 0 Å². The molecule has 0 aliphatic carbocycles. The van der Waals surface area contributed by atoms with Gasteiger partial charge in [-0.15, -0.1) is 0 Å². The number of anilines is 1. The molecule has 2 aliphatic rings. The zero-order valence-corrected chi connectivity index (χ0v) is 12.1. The van der Waals surface area contributed by atoms with Gasteiger partial charge in [-0.3, -0.25) is 4.79 Å². The van der Waals surface area contributed by atoms with E-state index < -0.39 is 0 Å². The van der Waals surface area contributed by atoms with E-state index in [1.54, 1.807) is 6.20 Å². The Bertz CT molecular complexity index is 473. The average Bonchev–Trinajstić information content (AvgIpc) is 2.97. The molecule has 2 aliphatic heterocycles. The van der Waals surface area contributed by atoms with Gasteiger partial charge in [0.15, 0.2) is 0 Å². The summed E-state index contributed by atoms with van der Waals surface area (Å²) < 4.78 is 0. The predicted octanol–water partition coefficient (Wildman–Crippen LogP) is 1.14. The lowest BCUT2D eigenvalue weighted by molar-refractivity contribution is -0.133. The third-order valence-corrected chi connectivity index (χ3v) is 4.20. The molecule has 0 radical (unpaired) electrons. The van der Waals surface area contributed by atoms with Crippen LogP contribution in [-0.2, 0) is 4.79 Å². The number of hydrogen-bond donors (Lipinski definition) is 1. The Morgan fingerprint density at radius 2 is 2.10 bits per heavy atom. The number of nitrogens with zero attached hydrogens (tertiary/aromatic N) is 3. The summed E-state index contributed by atoms with van der Waals surface area (Å²) in [6, 6.07) is 3.65. The Kier molecular flexibility index (Phi) is 4.08. The minimum absolute atomic E-state index is 0.0678. The summed E-state index contributed by atoms with van der Waals surface area (Å²) >= 11 is 5.88. The third-order valence-electron chi connectivity index (χ3n) is 3.97. The zero-order valence-electron chi connectivity index (χ0n) is 11.4. The van der Waals surface area contributed by atoms with E-state index in [4.69, 9.17) is 11.6 Å². The SMILES string of the molecule is O=C(C1CCCN1c1ccc(Cl)cn1)N1CCNCC1. The second-order valence-electron chi connectivity index (χ2n) is 5.26. The summed E-state index contributed by atoms with van der Waals surface area (Å²) in [4.78, 5) is 21.1. The second-order valence-corrected chi connectivity index (χ2v) is 5.70. The Balaban J connectivity index is 1.74. The quantitative estimate of drug-likeness (QED) is 0.888. The van der Waals surface area contributed by atoms with Gasteiger partial charge in [-0.05, 0) is 25.0 Å². The lowest BCUT2D eigenvalue weighted by Gasteiger charge is -2.33. The molecule has 20 heavy (non-hydrogen) atoms. The van der Waals surface area contributed by atoms with Crippen molar-refractivity contribution in [2.45, 2.75) is 18.9 Å². The van der Waals surface area contributed by atoms with Gasteiger partial charge in [-0.25, -0.2) is 4.98 Å². The molecular formula is C14H19ClN4O. The highest BCUT2D eigenvalue weighted by atomic mass is 35.5. The van der Waals surface area contributed by atoms with Crippen molar-refractivity contribution in [2.75, 3.05) is 37.6 Å². The van der Waals surface area contributed by atoms with E-state index in [1.165, 1.54) is 0 Å². The topological polar surface area (TPSA) is 48.5 Å². The van der Waals surface area contributed by atoms with Crippen LogP contribution in [0.1, 0.15) is 12.8 Å². The number of halogens is 1. The van der Waals surface area contributed by atoms with Crippen molar-refractivity contribution < 1.29 is 4.79 Å². The van der Waals surface area contributed by atoms with Crippen LogP contribution in [0.2, 0.25) is 5.02 Å². The molecular weight excluding hydrogens is 276 g/mol. The highest BCUT2D eigenvalue weighted by molar-refractivity contribution is 6.30. The number of carbonyl (C=O) groups excluding carboxylic acids is 1. The summed E-state index contributed by atoms with van der Waals surface area (Å²) in [5.41, 5.74) is 0. The number of carbonyl (C=O) groups is 1. The number of piperazine rings is 1. The lowest BCUT2D eigenvalue weighted by Crippen LogP contribution is -2.52. The van der Waals surface area contributed by atoms with Crippen LogP contribution in [-0.4, -0.2) is 54.6 Å². The van der Waals surface area contributed by atoms with Gasteiger partial charge in [0.05, 0.1) is 5.02 Å². The molecule has 1 N–H and O–H groups in total. The Labute approximate surface area is 123 Å². The molecule has 0 bridgehead atoms. The number of hydrogen-bond acceptors (Lipinski definition) is 4. The van der Waals surface area contributed by atoms with Gasteiger partial charge in [0.2, 0.25) is 5.91 Å². The van der Waals surface area contributed by atoms with Crippen molar-refractivity contribution in [3.8, 4) is 0 Å². The van der Waals surface area contributed by atoms with Gasteiger partial charge in [0.25, 0.3) is 0 Å². The average molecular weight is 295 g/mol. The molecule has 1 amide bonds. The molecule has 0 saturated carbocycles. The van der Waals surface area contributed by atoms with E-state index in [9.17, 15) is 4.79 Å². The predicted molar refractivity (Wildman–Crippen MR) is 79.1 cm³/mol. The summed E-state index contributed by atoms with van der Waals surface area (Å²) in [6.07, 6.45) is 3.58. The maximum Gasteiger partial charge on any atom is 0.245 e. The molecule has 1 atom stereocenters. The fraction of sp³-hybridized carbons (Fsp3) is 0.571. The van der Waals surface area contributed by atoms with Gasteiger partial charge in [0.1, 0.15) is 11.9 Å². The molecule has 0 aromatic carbocycles. The number of pyridine rings is 1. The third kappa shape index (κ3) is 2.74. The fourth-order valence-electron chi connectivity index (χ4n) is 2.93. The maximum absolute atomic E-state index is 12.7. The molecule has 3 heterocycles. The van der Waals surface area contributed by atoms with Crippen LogP contribution in [0, 0.1) is 0 Å². The molecule has 1 aromatic heterocycles. The van der Waals surface area contributed by atoms with Crippen molar-refractivity contribution in [2.24, 2.45) is 0 Å². The Morgan fingerprint density at radius 1 is 1.30 bits per heavy atom. The molecule has 6 heteroatoms. The largest absolute Gasteiger partial charge is 0.345 e. The molecule has 2 saturated heterocycles. The molecule has 2 fully saturated rings. The van der Waals surface area contributed by atoms with Crippen LogP contribution in [0.15, 0.2) is 18.3 Å². The van der Waals surface area contributed by atoms with Crippen LogP contribution >= 0.6 is 11.6 Å². The van der Waals surface area contributed by atoms with Crippen LogP contribution in [0.4, 0.5) is 5.82 Å². The standard InChI is InChI=1S/C14H19ClN4O/c15-11-3-4-13(17-10-11)19-7-1-2-12(19)14(20)18-8-5-16-6-9-18/h3-4,10,12,16H,1-2,5-9H2. The summed E-state index contributed by atoms with van der Waals surface area (Å²) in [7, 11) is 0. The summed E-state index contributed by atoms with van der Waals surface area (Å²) in [5, 5.41) is 3.90. The highest BCUT2D eigenvalue weighted by Gasteiger charge is 2.34. The first kappa shape index (κ1) is 13.6. The van der Waals surface area contributed by atoms with E-state index >= 15 is 0 Å². The van der Waals surface area contributed by atoms with E-state index in [2.05, 4.69) is 15.2 Å². The van der Waals surface area contributed by atoms with E-state index in [1.807, 2.05) is 17.0 Å². The minimum atomic E-state index is -0.0678. The number of nitrogens with one attached hydrogen (secondary N) is 1. The number of amides is 1. The van der Waals surface area contributed by atoms with Crippen molar-refractivity contribution in [1.82, 2.24) is 15.2 Å². The maximum atomic E-state index is 12.7. The van der Waals surface area contributed by atoms with Crippen LogP contribution in [0.25, 0.3) is 0 Å². The van der Waals surface area contributed by atoms with Gasteiger partial charge < -0.3 is 15.1 Å². The first-order chi connectivity index (χ1) is 9.75. The molecule has 0 spiro atoms. The van der Waals surface area contributed by atoms with Crippen LogP contribution < -0.4 is 10.2 Å². The van der Waals surface area contributed by atoms with E-state index in [0.717, 1.165) is 51.4 Å². The zero-order chi connectivity index (χ0) is 13.9. The van der Waals surface area contributed by atoms with Crippen LogP contribution in [0.3, 0.4) is 0 Å². The molecule has 3 rings (SSSR count). The van der Waals surface area contributed by atoms with Crippen molar-refractivity contribution in [3.63, 3.8) is 0 Å². The highest BCUT2D eigenvalue weighted by Crippen LogP contribution is 2.26. The monoisotopic (exact) mass is 294 g/mol. The van der Waals surface area contributed by atoms with Gasteiger partial charge in [-0.1, -0.05) is 11.6 Å². The lowest BCUT2D eigenvalue weighted by atomic mass is 10.1. The molecule has 1 unspecified atom stereocenters. The normalized spacial score (nSPS) is 23.1. The first-order valence-corrected chi connectivity index (χ1v) is 7.51. The minimum Gasteiger partial charge on any atom is -0.345 e. The van der Waals surface area contributed by atoms with E-state index in [0.29, 0.717) is 5.02 Å². The second kappa shape index (κ2) is 5.97. The fourth-order valence-corrected chi connectivity index (χ4v) is 3.04. The smallest absolute Gasteiger partial charge is 0.245 e. The summed E-state index contributed by atoms with van der Waals surface area (Å²) in [6.45, 7) is 4.26. The van der Waals surface area contributed by atoms with Gasteiger partial charge >= 0.3 is 0 Å². The Morgan fingerprint density at radius 3 is 2.80 bits per heavy atom. The van der Waals surface area contributed by atoms with Gasteiger partial charge in [-0.2, -0.15) is 0 Å². The molecule has 108 valence electrons. The molecule has 5 nitrogen and oxygen atoms in total. The van der Waals surface area contributed by atoms with Gasteiger partial charge in [0, 0.05) is 38.9 Å². The van der Waals surface area contributed by atoms with Crippen molar-refractivity contribution >= 4 is 23.3 Å². The number of rotatable bonds is 2.